The minimum atomic E-state index is -0.828. The van der Waals surface area contributed by atoms with E-state index in [2.05, 4.69) is 26.1 Å². The molecule has 1 fully saturated rings. The molecule has 6 nitrogen and oxygen atoms in total. The molecule has 7 heteroatoms. The summed E-state index contributed by atoms with van der Waals surface area (Å²) in [6.07, 6.45) is -0.828. The number of carbonyl (C=O) groups excluding carboxylic acids is 2. The van der Waals surface area contributed by atoms with E-state index in [1.807, 2.05) is 6.07 Å². The molecule has 0 aliphatic carbocycles. The van der Waals surface area contributed by atoms with Crippen molar-refractivity contribution < 1.29 is 19.1 Å². The van der Waals surface area contributed by atoms with Gasteiger partial charge in [-0.1, -0.05) is 22.0 Å². The monoisotopic (exact) mass is 384 g/mol. The third kappa shape index (κ3) is 5.93. The SMILES string of the molecule is C[C@H](OC(=O)c1cccc(Br)c1)C(=O)NCCN1CCOCC1. The molecule has 1 aromatic rings. The third-order valence-corrected chi connectivity index (χ3v) is 4.04. The fourth-order valence-electron chi connectivity index (χ4n) is 2.20. The number of nitrogens with one attached hydrogen (secondary N) is 1. The first kappa shape index (κ1) is 17.9. The van der Waals surface area contributed by atoms with Gasteiger partial charge in [-0.3, -0.25) is 9.69 Å². The summed E-state index contributed by atoms with van der Waals surface area (Å²) < 4.78 is 11.2. The summed E-state index contributed by atoms with van der Waals surface area (Å²) in [5.74, 6) is -0.802. The number of hydrogen-bond acceptors (Lipinski definition) is 5. The van der Waals surface area contributed by atoms with E-state index in [1.54, 1.807) is 25.1 Å². The van der Waals surface area contributed by atoms with E-state index < -0.39 is 12.1 Å². The Bertz CT molecular complexity index is 547. The number of ether oxygens (including phenoxy) is 2. The fourth-order valence-corrected chi connectivity index (χ4v) is 2.60. The third-order valence-electron chi connectivity index (χ3n) is 3.54. The van der Waals surface area contributed by atoms with Gasteiger partial charge >= 0.3 is 5.97 Å². The van der Waals surface area contributed by atoms with E-state index in [4.69, 9.17) is 9.47 Å². The highest BCUT2D eigenvalue weighted by molar-refractivity contribution is 9.10. The zero-order valence-electron chi connectivity index (χ0n) is 13.1. The Morgan fingerprint density at radius 3 is 2.83 bits per heavy atom. The zero-order chi connectivity index (χ0) is 16.7. The summed E-state index contributed by atoms with van der Waals surface area (Å²) in [5, 5.41) is 2.79. The Balaban J connectivity index is 1.72. The molecule has 1 aromatic carbocycles. The number of esters is 1. The Morgan fingerprint density at radius 1 is 1.39 bits per heavy atom. The van der Waals surface area contributed by atoms with Gasteiger partial charge in [-0.05, 0) is 25.1 Å². The number of halogens is 1. The largest absolute Gasteiger partial charge is 0.449 e. The second-order valence-electron chi connectivity index (χ2n) is 5.30. The molecule has 0 radical (unpaired) electrons. The summed E-state index contributed by atoms with van der Waals surface area (Å²) >= 11 is 3.30. The molecule has 1 aliphatic heterocycles. The predicted octanol–water partition coefficient (Wildman–Crippen LogP) is 1.44. The lowest BCUT2D eigenvalue weighted by molar-refractivity contribution is -0.129. The van der Waals surface area contributed by atoms with Gasteiger partial charge in [0.25, 0.3) is 5.91 Å². The lowest BCUT2D eigenvalue weighted by Crippen LogP contribution is -2.43. The normalized spacial score (nSPS) is 16.6. The van der Waals surface area contributed by atoms with Crippen LogP contribution in [-0.2, 0) is 14.3 Å². The van der Waals surface area contributed by atoms with E-state index in [0.717, 1.165) is 37.3 Å². The molecule has 23 heavy (non-hydrogen) atoms. The quantitative estimate of drug-likeness (QED) is 0.751. The van der Waals surface area contributed by atoms with Crippen LogP contribution in [-0.4, -0.2) is 62.3 Å². The highest BCUT2D eigenvalue weighted by Crippen LogP contribution is 2.13. The molecule has 0 aromatic heterocycles. The van der Waals surface area contributed by atoms with Crippen LogP contribution in [0.3, 0.4) is 0 Å². The maximum atomic E-state index is 12.0. The van der Waals surface area contributed by atoms with E-state index in [9.17, 15) is 9.59 Å². The number of benzene rings is 1. The molecule has 0 unspecified atom stereocenters. The van der Waals surface area contributed by atoms with Crippen molar-refractivity contribution in [2.24, 2.45) is 0 Å². The topological polar surface area (TPSA) is 67.9 Å². The molecule has 1 saturated heterocycles. The summed E-state index contributed by atoms with van der Waals surface area (Å²) in [6, 6.07) is 6.87. The molecule has 0 saturated carbocycles. The fraction of sp³-hybridized carbons (Fsp3) is 0.500. The summed E-state index contributed by atoms with van der Waals surface area (Å²) in [5.41, 5.74) is 0.410. The minimum absolute atomic E-state index is 0.290. The Hall–Kier alpha value is -1.44. The number of amides is 1. The average molecular weight is 385 g/mol. The van der Waals surface area contributed by atoms with E-state index in [-0.39, 0.29) is 5.91 Å². The zero-order valence-corrected chi connectivity index (χ0v) is 14.7. The van der Waals surface area contributed by atoms with Crippen molar-refractivity contribution in [1.82, 2.24) is 10.2 Å². The van der Waals surface area contributed by atoms with Gasteiger partial charge < -0.3 is 14.8 Å². The smallest absolute Gasteiger partial charge is 0.338 e. The van der Waals surface area contributed by atoms with E-state index in [1.165, 1.54) is 0 Å². The second kappa shape index (κ2) is 9.00. The molecular formula is C16H21BrN2O4. The van der Waals surface area contributed by atoms with E-state index >= 15 is 0 Å². The van der Waals surface area contributed by atoms with Crippen LogP contribution in [0.1, 0.15) is 17.3 Å². The maximum absolute atomic E-state index is 12.0. The first-order chi connectivity index (χ1) is 11.1. The van der Waals surface area contributed by atoms with Crippen LogP contribution in [0.5, 0.6) is 0 Å². The molecule has 2 rings (SSSR count). The molecule has 1 atom stereocenters. The molecule has 1 amide bonds. The van der Waals surface area contributed by atoms with Gasteiger partial charge in [0.2, 0.25) is 0 Å². The number of hydrogen-bond donors (Lipinski definition) is 1. The van der Waals surface area contributed by atoms with Crippen molar-refractivity contribution in [2.45, 2.75) is 13.0 Å². The molecule has 1 heterocycles. The molecule has 126 valence electrons. The predicted molar refractivity (Wildman–Crippen MR) is 89.3 cm³/mol. The number of carbonyl (C=O) groups is 2. The number of nitrogens with zero attached hydrogens (tertiary/aromatic N) is 1. The van der Waals surface area contributed by atoms with Crippen molar-refractivity contribution in [1.29, 1.82) is 0 Å². The highest BCUT2D eigenvalue weighted by atomic mass is 79.9. The molecule has 1 aliphatic rings. The van der Waals surface area contributed by atoms with E-state index in [0.29, 0.717) is 12.1 Å². The lowest BCUT2D eigenvalue weighted by atomic mass is 10.2. The summed E-state index contributed by atoms with van der Waals surface area (Å²) in [6.45, 7) is 6.08. The summed E-state index contributed by atoms with van der Waals surface area (Å²) in [4.78, 5) is 26.2. The van der Waals surface area contributed by atoms with Gasteiger partial charge in [-0.25, -0.2) is 4.79 Å². The van der Waals surface area contributed by atoms with Gasteiger partial charge in [0, 0.05) is 30.7 Å². The maximum Gasteiger partial charge on any atom is 0.338 e. The van der Waals surface area contributed by atoms with Gasteiger partial charge in [0.15, 0.2) is 6.10 Å². The Kier molecular flexibility index (Phi) is 7.01. The van der Waals surface area contributed by atoms with Gasteiger partial charge in [-0.15, -0.1) is 0 Å². The van der Waals surface area contributed by atoms with Crippen LogP contribution in [0.4, 0.5) is 0 Å². The standard InChI is InChI=1S/C16H21BrN2O4/c1-12(23-16(21)13-3-2-4-14(17)11-13)15(20)18-5-6-19-7-9-22-10-8-19/h2-4,11-12H,5-10H2,1H3,(H,18,20)/t12-/m0/s1. The van der Waals surface area contributed by atoms with Gasteiger partial charge in [-0.2, -0.15) is 0 Å². The average Bonchev–Trinajstić information content (AvgIpc) is 2.55. The number of rotatable bonds is 6. The minimum Gasteiger partial charge on any atom is -0.449 e. The van der Waals surface area contributed by atoms with Crippen LogP contribution < -0.4 is 5.32 Å². The number of morpholine rings is 1. The Morgan fingerprint density at radius 2 is 2.13 bits per heavy atom. The van der Waals surface area contributed by atoms with Crippen LogP contribution in [0.25, 0.3) is 0 Å². The molecule has 1 N–H and O–H groups in total. The first-order valence-corrected chi connectivity index (χ1v) is 8.40. The molecule has 0 spiro atoms. The van der Waals surface area contributed by atoms with Crippen molar-refractivity contribution in [3.8, 4) is 0 Å². The van der Waals surface area contributed by atoms with Crippen molar-refractivity contribution in [3.63, 3.8) is 0 Å². The van der Waals surface area contributed by atoms with Gasteiger partial charge in [0.1, 0.15) is 0 Å². The van der Waals surface area contributed by atoms with Crippen molar-refractivity contribution in [3.05, 3.63) is 34.3 Å². The molecule has 0 bridgehead atoms. The second-order valence-corrected chi connectivity index (χ2v) is 6.22. The molecular weight excluding hydrogens is 364 g/mol. The van der Waals surface area contributed by atoms with Crippen molar-refractivity contribution in [2.75, 3.05) is 39.4 Å². The van der Waals surface area contributed by atoms with Crippen molar-refractivity contribution >= 4 is 27.8 Å². The van der Waals surface area contributed by atoms with Crippen LogP contribution in [0, 0.1) is 0 Å². The first-order valence-electron chi connectivity index (χ1n) is 7.60. The van der Waals surface area contributed by atoms with Crippen LogP contribution >= 0.6 is 15.9 Å². The van der Waals surface area contributed by atoms with Crippen LogP contribution in [0.2, 0.25) is 0 Å². The lowest BCUT2D eigenvalue weighted by Gasteiger charge is -2.26. The Labute approximate surface area is 144 Å². The highest BCUT2D eigenvalue weighted by Gasteiger charge is 2.19. The van der Waals surface area contributed by atoms with Crippen LogP contribution in [0.15, 0.2) is 28.7 Å². The van der Waals surface area contributed by atoms with Gasteiger partial charge in [0.05, 0.1) is 18.8 Å². The summed E-state index contributed by atoms with van der Waals surface area (Å²) in [7, 11) is 0.